The Kier molecular flexibility index (Phi) is 3.94. The molecule has 2 N–H and O–H groups in total. The summed E-state index contributed by atoms with van der Waals surface area (Å²) in [6.45, 7) is 5.97. The van der Waals surface area contributed by atoms with Gasteiger partial charge in [0.15, 0.2) is 0 Å². The summed E-state index contributed by atoms with van der Waals surface area (Å²) in [6, 6.07) is 10.5. The molecule has 0 atom stereocenters. The highest BCUT2D eigenvalue weighted by atomic mass is 15.2. The van der Waals surface area contributed by atoms with Crippen LogP contribution < -0.4 is 10.2 Å². The summed E-state index contributed by atoms with van der Waals surface area (Å²) in [5.41, 5.74) is 1.30. The van der Waals surface area contributed by atoms with Crippen LogP contribution in [0, 0.1) is 0 Å². The molecule has 0 spiro atoms. The monoisotopic (exact) mass is 203 g/mol. The zero-order chi connectivity index (χ0) is 10.3. The topological polar surface area (TPSA) is 16.5 Å². The molecule has 2 nitrogen and oxygen atoms in total. The average molecular weight is 203 g/mol. The Labute approximate surface area is 91.6 Å². The van der Waals surface area contributed by atoms with Crippen LogP contribution in [0.5, 0.6) is 0 Å². The molecule has 0 aliphatic carbocycles. The average Bonchev–Trinajstić information content (AvgIpc) is 2.32. The van der Waals surface area contributed by atoms with Gasteiger partial charge in [0.2, 0.25) is 0 Å². The van der Waals surface area contributed by atoms with Gasteiger partial charge >= 0.3 is 0 Å². The predicted molar refractivity (Wildman–Crippen MR) is 63.9 cm³/mol. The van der Waals surface area contributed by atoms with Crippen LogP contribution in [0.25, 0.3) is 6.08 Å². The van der Waals surface area contributed by atoms with E-state index in [0.717, 1.165) is 19.6 Å². The van der Waals surface area contributed by atoms with E-state index >= 15 is 0 Å². The quantitative estimate of drug-likeness (QED) is 0.717. The third kappa shape index (κ3) is 3.50. The minimum absolute atomic E-state index is 1.15. The van der Waals surface area contributed by atoms with E-state index in [9.17, 15) is 0 Å². The van der Waals surface area contributed by atoms with E-state index in [-0.39, 0.29) is 0 Å². The van der Waals surface area contributed by atoms with Crippen molar-refractivity contribution in [3.8, 4) is 0 Å². The number of hydrogen-bond donors (Lipinski definition) is 2. The zero-order valence-electron chi connectivity index (χ0n) is 9.08. The van der Waals surface area contributed by atoms with Gasteiger partial charge in [-0.15, -0.1) is 0 Å². The molecule has 80 valence electrons. The molecule has 15 heavy (non-hydrogen) atoms. The van der Waals surface area contributed by atoms with E-state index in [4.69, 9.17) is 0 Å². The van der Waals surface area contributed by atoms with Crippen LogP contribution in [0.2, 0.25) is 0 Å². The second-order valence-corrected chi connectivity index (χ2v) is 4.02. The Morgan fingerprint density at radius 2 is 1.87 bits per heavy atom. The molecule has 0 unspecified atom stereocenters. The van der Waals surface area contributed by atoms with E-state index < -0.39 is 0 Å². The minimum atomic E-state index is 1.15. The second-order valence-electron chi connectivity index (χ2n) is 4.02. The number of benzene rings is 1. The van der Waals surface area contributed by atoms with Crippen LogP contribution in [0.4, 0.5) is 0 Å². The van der Waals surface area contributed by atoms with Gasteiger partial charge in [-0.2, -0.15) is 0 Å². The fourth-order valence-corrected chi connectivity index (χ4v) is 1.91. The van der Waals surface area contributed by atoms with Crippen molar-refractivity contribution >= 4 is 6.08 Å². The summed E-state index contributed by atoms with van der Waals surface area (Å²) in [7, 11) is 0. The van der Waals surface area contributed by atoms with Crippen molar-refractivity contribution in [2.24, 2.45) is 0 Å². The molecule has 2 rings (SSSR count). The molecule has 0 bridgehead atoms. The van der Waals surface area contributed by atoms with Crippen molar-refractivity contribution in [1.82, 2.24) is 5.32 Å². The van der Waals surface area contributed by atoms with Crippen LogP contribution in [0.3, 0.4) is 0 Å². The lowest BCUT2D eigenvalue weighted by molar-refractivity contribution is -0.895. The smallest absolute Gasteiger partial charge is 0.0962 e. The molecule has 1 heterocycles. The normalized spacial score (nSPS) is 18.4. The summed E-state index contributed by atoms with van der Waals surface area (Å²) >= 11 is 0. The van der Waals surface area contributed by atoms with E-state index in [1.807, 2.05) is 0 Å². The Bertz CT molecular complexity index is 300. The number of rotatable bonds is 3. The fraction of sp³-hybridized carbons (Fsp3) is 0.385. The van der Waals surface area contributed by atoms with Crippen molar-refractivity contribution in [1.29, 1.82) is 0 Å². The highest BCUT2D eigenvalue weighted by Crippen LogP contribution is 1.99. The first-order chi connectivity index (χ1) is 7.45. The summed E-state index contributed by atoms with van der Waals surface area (Å²) in [5.74, 6) is 0. The number of quaternary nitrogens is 1. The van der Waals surface area contributed by atoms with Gasteiger partial charge in [-0.25, -0.2) is 0 Å². The molecule has 0 amide bonds. The molecule has 1 fully saturated rings. The van der Waals surface area contributed by atoms with Crippen molar-refractivity contribution in [2.75, 3.05) is 32.7 Å². The van der Waals surface area contributed by atoms with Gasteiger partial charge < -0.3 is 10.2 Å². The molecule has 0 aromatic heterocycles. The van der Waals surface area contributed by atoms with E-state index in [1.54, 1.807) is 4.90 Å². The van der Waals surface area contributed by atoms with Gasteiger partial charge in [0.1, 0.15) is 0 Å². The second kappa shape index (κ2) is 5.69. The van der Waals surface area contributed by atoms with Crippen LogP contribution in [-0.4, -0.2) is 32.7 Å². The summed E-state index contributed by atoms with van der Waals surface area (Å²) in [6.07, 6.45) is 4.50. The molecule has 1 aliphatic rings. The van der Waals surface area contributed by atoms with Gasteiger partial charge in [-0.05, 0) is 11.6 Å². The summed E-state index contributed by atoms with van der Waals surface area (Å²) < 4.78 is 0. The largest absolute Gasteiger partial charge is 0.330 e. The fourth-order valence-electron chi connectivity index (χ4n) is 1.91. The molecule has 1 aromatic carbocycles. The SMILES string of the molecule is C(=Cc1ccccc1)C[NH+]1CCNCC1. The third-order valence-corrected chi connectivity index (χ3v) is 2.83. The first kappa shape index (κ1) is 10.4. The zero-order valence-corrected chi connectivity index (χ0v) is 9.08. The summed E-state index contributed by atoms with van der Waals surface area (Å²) in [5, 5.41) is 3.38. The Morgan fingerprint density at radius 1 is 1.13 bits per heavy atom. The van der Waals surface area contributed by atoms with Crippen LogP contribution in [0.1, 0.15) is 5.56 Å². The van der Waals surface area contributed by atoms with Crippen molar-refractivity contribution in [2.45, 2.75) is 0 Å². The van der Waals surface area contributed by atoms with Crippen LogP contribution in [0.15, 0.2) is 36.4 Å². The standard InChI is InChI=1S/C13H18N2/c1-2-5-13(6-3-1)7-4-10-15-11-8-14-9-12-15/h1-7,14H,8-12H2/p+1. The maximum absolute atomic E-state index is 3.38. The Morgan fingerprint density at radius 3 is 2.60 bits per heavy atom. The van der Waals surface area contributed by atoms with Gasteiger partial charge in [0.05, 0.1) is 19.6 Å². The molecule has 1 saturated heterocycles. The third-order valence-electron chi connectivity index (χ3n) is 2.83. The number of nitrogens with one attached hydrogen (secondary N) is 2. The molecule has 1 aliphatic heterocycles. The maximum Gasteiger partial charge on any atom is 0.0962 e. The summed E-state index contributed by atoms with van der Waals surface area (Å²) in [4.78, 5) is 1.68. The molecule has 0 saturated carbocycles. The van der Waals surface area contributed by atoms with E-state index in [0.29, 0.717) is 0 Å². The number of hydrogen-bond acceptors (Lipinski definition) is 1. The molecule has 1 aromatic rings. The van der Waals surface area contributed by atoms with Gasteiger partial charge in [0.25, 0.3) is 0 Å². The van der Waals surface area contributed by atoms with Crippen LogP contribution in [-0.2, 0) is 0 Å². The highest BCUT2D eigenvalue weighted by molar-refractivity contribution is 5.48. The van der Waals surface area contributed by atoms with Crippen molar-refractivity contribution < 1.29 is 4.90 Å². The van der Waals surface area contributed by atoms with Gasteiger partial charge in [-0.1, -0.05) is 36.4 Å². The highest BCUT2D eigenvalue weighted by Gasteiger charge is 2.09. The lowest BCUT2D eigenvalue weighted by Gasteiger charge is -2.22. The first-order valence-corrected chi connectivity index (χ1v) is 5.71. The minimum Gasteiger partial charge on any atom is -0.330 e. The van der Waals surface area contributed by atoms with Crippen LogP contribution >= 0.6 is 0 Å². The molecular formula is C13H19N2+. The van der Waals surface area contributed by atoms with E-state index in [2.05, 4.69) is 47.8 Å². The van der Waals surface area contributed by atoms with Crippen molar-refractivity contribution in [3.05, 3.63) is 42.0 Å². The Hall–Kier alpha value is -1.12. The molecule has 2 heteroatoms. The number of piperazine rings is 1. The molecule has 0 radical (unpaired) electrons. The lowest BCUT2D eigenvalue weighted by atomic mass is 10.2. The lowest BCUT2D eigenvalue weighted by Crippen LogP contribution is -3.14. The van der Waals surface area contributed by atoms with E-state index in [1.165, 1.54) is 18.7 Å². The van der Waals surface area contributed by atoms with Gasteiger partial charge in [0, 0.05) is 13.1 Å². The molecular weight excluding hydrogens is 184 g/mol. The first-order valence-electron chi connectivity index (χ1n) is 5.71. The van der Waals surface area contributed by atoms with Crippen molar-refractivity contribution in [3.63, 3.8) is 0 Å². The maximum atomic E-state index is 3.38. The predicted octanol–water partition coefficient (Wildman–Crippen LogP) is 0.188. The van der Waals surface area contributed by atoms with Gasteiger partial charge in [-0.3, -0.25) is 0 Å². The Balaban J connectivity index is 1.79.